The predicted molar refractivity (Wildman–Crippen MR) is 101 cm³/mol. The van der Waals surface area contributed by atoms with Crippen molar-refractivity contribution < 1.29 is 4.79 Å². The van der Waals surface area contributed by atoms with Crippen LogP contribution < -0.4 is 10.2 Å². The molecule has 0 bridgehead atoms. The number of halogens is 1. The topological polar surface area (TPSA) is 61.4 Å². The van der Waals surface area contributed by atoms with E-state index in [1.165, 1.54) is 0 Å². The van der Waals surface area contributed by atoms with Gasteiger partial charge in [-0.15, -0.1) is 0 Å². The summed E-state index contributed by atoms with van der Waals surface area (Å²) in [4.78, 5) is 25.8. The van der Waals surface area contributed by atoms with Crippen molar-refractivity contribution in [3.05, 3.63) is 46.7 Å². The third-order valence-corrected chi connectivity index (χ3v) is 4.66. The minimum atomic E-state index is -0.263. The van der Waals surface area contributed by atoms with Crippen molar-refractivity contribution in [1.29, 1.82) is 0 Å². The Bertz CT molecular complexity index is 759. The molecule has 0 radical (unpaired) electrons. The van der Waals surface area contributed by atoms with Crippen molar-refractivity contribution in [2.45, 2.75) is 13.8 Å². The summed E-state index contributed by atoms with van der Waals surface area (Å²) >= 11 is 6.01. The van der Waals surface area contributed by atoms with Crippen LogP contribution in [0.5, 0.6) is 0 Å². The van der Waals surface area contributed by atoms with E-state index in [0.29, 0.717) is 22.4 Å². The highest BCUT2D eigenvalue weighted by Gasteiger charge is 2.19. The predicted octanol–water partition coefficient (Wildman–Crippen LogP) is 2.83. The molecule has 1 fully saturated rings. The zero-order chi connectivity index (χ0) is 17.8. The molecule has 6 nitrogen and oxygen atoms in total. The Labute approximate surface area is 152 Å². The summed E-state index contributed by atoms with van der Waals surface area (Å²) in [5.41, 5.74) is 1.99. The molecule has 1 N–H and O–H groups in total. The summed E-state index contributed by atoms with van der Waals surface area (Å²) < 4.78 is 0. The first-order valence-electron chi connectivity index (χ1n) is 8.44. The molecule has 2 heterocycles. The Morgan fingerprint density at radius 3 is 2.72 bits per heavy atom. The highest BCUT2D eigenvalue weighted by atomic mass is 35.5. The number of hydrogen-bond acceptors (Lipinski definition) is 5. The summed E-state index contributed by atoms with van der Waals surface area (Å²) in [7, 11) is 0. The molecule has 0 unspecified atom stereocenters. The van der Waals surface area contributed by atoms with Crippen LogP contribution in [0.15, 0.2) is 30.5 Å². The monoisotopic (exact) mass is 359 g/mol. The van der Waals surface area contributed by atoms with Crippen molar-refractivity contribution >= 4 is 29.1 Å². The van der Waals surface area contributed by atoms with Gasteiger partial charge >= 0.3 is 0 Å². The Morgan fingerprint density at radius 1 is 1.24 bits per heavy atom. The van der Waals surface area contributed by atoms with Crippen molar-refractivity contribution in [1.82, 2.24) is 14.9 Å². The van der Waals surface area contributed by atoms with Crippen LogP contribution in [0.3, 0.4) is 0 Å². The van der Waals surface area contributed by atoms with Gasteiger partial charge in [-0.1, -0.05) is 24.6 Å². The van der Waals surface area contributed by atoms with E-state index in [0.717, 1.165) is 38.3 Å². The summed E-state index contributed by atoms with van der Waals surface area (Å²) in [6.45, 7) is 8.84. The number of benzene rings is 1. The molecule has 1 saturated heterocycles. The van der Waals surface area contributed by atoms with Crippen LogP contribution in [-0.4, -0.2) is 53.5 Å². The number of nitrogens with one attached hydrogen (secondary N) is 1. The molecule has 0 aliphatic carbocycles. The summed E-state index contributed by atoms with van der Waals surface area (Å²) in [5.74, 6) is 0.340. The lowest BCUT2D eigenvalue weighted by Gasteiger charge is -2.34. The quantitative estimate of drug-likeness (QED) is 0.909. The molecule has 1 aliphatic heterocycles. The van der Waals surface area contributed by atoms with Crippen molar-refractivity contribution in [3.8, 4) is 0 Å². The fourth-order valence-corrected chi connectivity index (χ4v) is 2.98. The maximum absolute atomic E-state index is 12.5. The zero-order valence-corrected chi connectivity index (χ0v) is 15.3. The van der Waals surface area contributed by atoms with Gasteiger partial charge in [-0.25, -0.2) is 9.97 Å². The molecule has 0 saturated carbocycles. The first-order valence-corrected chi connectivity index (χ1v) is 8.82. The van der Waals surface area contributed by atoms with Crippen LogP contribution in [0.25, 0.3) is 0 Å². The van der Waals surface area contributed by atoms with E-state index < -0.39 is 0 Å². The third kappa shape index (κ3) is 4.27. The number of anilines is 2. The van der Waals surface area contributed by atoms with Gasteiger partial charge in [0, 0.05) is 43.1 Å². The lowest BCUT2D eigenvalue weighted by molar-refractivity contribution is 0.102. The van der Waals surface area contributed by atoms with E-state index in [2.05, 4.69) is 32.0 Å². The van der Waals surface area contributed by atoms with Gasteiger partial charge in [0.15, 0.2) is 0 Å². The lowest BCUT2D eigenvalue weighted by atomic mass is 10.2. The fourth-order valence-electron chi connectivity index (χ4n) is 2.81. The molecule has 132 valence electrons. The van der Waals surface area contributed by atoms with Gasteiger partial charge in [0.2, 0.25) is 5.95 Å². The van der Waals surface area contributed by atoms with Gasteiger partial charge in [0.1, 0.15) is 5.69 Å². The number of rotatable bonds is 4. The summed E-state index contributed by atoms with van der Waals surface area (Å²) in [6.07, 6.45) is 1.63. The molecule has 0 spiro atoms. The molecule has 1 amide bonds. The molecule has 7 heteroatoms. The summed E-state index contributed by atoms with van der Waals surface area (Å²) in [5, 5.41) is 3.45. The number of piperazine rings is 1. The second-order valence-corrected chi connectivity index (χ2v) is 6.51. The van der Waals surface area contributed by atoms with E-state index in [-0.39, 0.29) is 5.91 Å². The molecule has 3 rings (SSSR count). The first-order chi connectivity index (χ1) is 12.1. The van der Waals surface area contributed by atoms with Gasteiger partial charge in [-0.05, 0) is 37.2 Å². The molecule has 25 heavy (non-hydrogen) atoms. The van der Waals surface area contributed by atoms with E-state index in [1.54, 1.807) is 24.4 Å². The lowest BCUT2D eigenvalue weighted by Crippen LogP contribution is -2.46. The van der Waals surface area contributed by atoms with Crippen molar-refractivity contribution in [3.63, 3.8) is 0 Å². The average molecular weight is 360 g/mol. The van der Waals surface area contributed by atoms with Crippen LogP contribution in [-0.2, 0) is 0 Å². The second-order valence-electron chi connectivity index (χ2n) is 6.08. The molecule has 1 aliphatic rings. The number of aryl methyl sites for hydroxylation is 1. The van der Waals surface area contributed by atoms with E-state index in [9.17, 15) is 4.79 Å². The Hall–Kier alpha value is -2.18. The molecule has 1 aromatic heterocycles. The number of carbonyl (C=O) groups is 1. The van der Waals surface area contributed by atoms with Crippen LogP contribution in [0, 0.1) is 6.92 Å². The minimum Gasteiger partial charge on any atom is -0.338 e. The number of nitrogens with zero attached hydrogens (tertiary/aromatic N) is 4. The number of likely N-dealkylation sites (N-methyl/N-ethyl adjacent to an activating group) is 1. The van der Waals surface area contributed by atoms with E-state index >= 15 is 0 Å². The van der Waals surface area contributed by atoms with Gasteiger partial charge in [0.05, 0.1) is 0 Å². The second kappa shape index (κ2) is 7.80. The number of aromatic nitrogens is 2. The molecule has 0 atom stereocenters. The smallest absolute Gasteiger partial charge is 0.274 e. The minimum absolute atomic E-state index is 0.263. The SMILES string of the molecule is CCN1CCN(c2nccc(C(=O)Nc3cc(Cl)ccc3C)n2)CC1. The van der Waals surface area contributed by atoms with Crippen LogP contribution in [0.4, 0.5) is 11.6 Å². The van der Waals surface area contributed by atoms with Gasteiger partial charge in [-0.3, -0.25) is 4.79 Å². The normalized spacial score (nSPS) is 15.2. The number of amides is 1. The van der Waals surface area contributed by atoms with Crippen molar-refractivity contribution in [2.24, 2.45) is 0 Å². The van der Waals surface area contributed by atoms with Crippen molar-refractivity contribution in [2.75, 3.05) is 42.9 Å². The molecule has 1 aromatic carbocycles. The highest BCUT2D eigenvalue weighted by Crippen LogP contribution is 2.21. The van der Waals surface area contributed by atoms with Crippen LogP contribution in [0.2, 0.25) is 5.02 Å². The zero-order valence-electron chi connectivity index (χ0n) is 14.5. The fraction of sp³-hybridized carbons (Fsp3) is 0.389. The maximum Gasteiger partial charge on any atom is 0.274 e. The summed E-state index contributed by atoms with van der Waals surface area (Å²) in [6, 6.07) is 7.03. The van der Waals surface area contributed by atoms with Crippen LogP contribution >= 0.6 is 11.6 Å². The van der Waals surface area contributed by atoms with Gasteiger partial charge in [0.25, 0.3) is 5.91 Å². The molecular weight excluding hydrogens is 338 g/mol. The van der Waals surface area contributed by atoms with Gasteiger partial charge < -0.3 is 15.1 Å². The highest BCUT2D eigenvalue weighted by molar-refractivity contribution is 6.31. The van der Waals surface area contributed by atoms with Crippen LogP contribution in [0.1, 0.15) is 23.0 Å². The average Bonchev–Trinajstić information content (AvgIpc) is 2.65. The number of carbonyl (C=O) groups excluding carboxylic acids is 1. The molecular formula is C18H22ClN5O. The largest absolute Gasteiger partial charge is 0.338 e. The standard InChI is InChI=1S/C18H22ClN5O/c1-3-23-8-10-24(11-9-23)18-20-7-6-15(22-18)17(25)21-16-12-14(19)5-4-13(16)2/h4-7,12H,3,8-11H2,1-2H3,(H,21,25). The first kappa shape index (κ1) is 17.6. The Balaban J connectivity index is 1.72. The Kier molecular flexibility index (Phi) is 5.50. The maximum atomic E-state index is 12.5. The van der Waals surface area contributed by atoms with Gasteiger partial charge in [-0.2, -0.15) is 0 Å². The van der Waals surface area contributed by atoms with E-state index in [4.69, 9.17) is 11.6 Å². The Morgan fingerprint density at radius 2 is 2.00 bits per heavy atom. The van der Waals surface area contributed by atoms with E-state index in [1.807, 2.05) is 13.0 Å². The third-order valence-electron chi connectivity index (χ3n) is 4.43. The molecule has 2 aromatic rings. The number of hydrogen-bond donors (Lipinski definition) is 1.